The van der Waals surface area contributed by atoms with E-state index in [0.717, 1.165) is 10.0 Å². The Balaban J connectivity index is 1.84. The maximum absolute atomic E-state index is 11.8. The van der Waals surface area contributed by atoms with E-state index >= 15 is 0 Å². The SMILES string of the molecule is COc1ccc(C(C)=O)c(OCc2cc3c(cc2Br)OCCO3)c1. The number of Topliss-reactive ketones (excluding diaryl/α,β-unsaturated/α-hetero) is 1. The lowest BCUT2D eigenvalue weighted by molar-refractivity contribution is 0.101. The molecule has 0 spiro atoms. The highest BCUT2D eigenvalue weighted by Gasteiger charge is 2.16. The molecule has 0 fully saturated rings. The van der Waals surface area contributed by atoms with E-state index < -0.39 is 0 Å². The van der Waals surface area contributed by atoms with Crippen molar-refractivity contribution in [2.75, 3.05) is 20.3 Å². The van der Waals surface area contributed by atoms with Crippen molar-refractivity contribution in [2.24, 2.45) is 0 Å². The number of ether oxygens (including phenoxy) is 4. The number of carbonyl (C=O) groups is 1. The third-order valence-electron chi connectivity index (χ3n) is 3.66. The molecule has 0 N–H and O–H groups in total. The van der Waals surface area contributed by atoms with Crippen LogP contribution in [0, 0.1) is 0 Å². The Morgan fingerprint density at radius 3 is 2.54 bits per heavy atom. The average Bonchev–Trinajstić information content (AvgIpc) is 2.59. The van der Waals surface area contributed by atoms with Gasteiger partial charge in [0.1, 0.15) is 31.3 Å². The molecule has 0 aromatic heterocycles. The predicted molar refractivity (Wildman–Crippen MR) is 92.5 cm³/mol. The first-order valence-corrected chi connectivity index (χ1v) is 8.27. The van der Waals surface area contributed by atoms with Gasteiger partial charge in [-0.3, -0.25) is 4.79 Å². The standard InChI is InChI=1S/C18H17BrO5/c1-11(20)14-4-3-13(21-2)8-16(14)24-10-12-7-17-18(9-15(12)19)23-6-5-22-17/h3-4,7-9H,5-6,10H2,1-2H3. The first-order chi connectivity index (χ1) is 11.6. The van der Waals surface area contributed by atoms with Gasteiger partial charge in [-0.15, -0.1) is 0 Å². The predicted octanol–water partition coefficient (Wildman–Crippen LogP) is 4.01. The molecule has 0 bridgehead atoms. The molecule has 0 atom stereocenters. The van der Waals surface area contributed by atoms with Crippen LogP contribution in [0.4, 0.5) is 0 Å². The lowest BCUT2D eigenvalue weighted by atomic mass is 10.1. The minimum Gasteiger partial charge on any atom is -0.497 e. The minimum absolute atomic E-state index is 0.0612. The van der Waals surface area contributed by atoms with Crippen LogP contribution in [-0.2, 0) is 6.61 Å². The van der Waals surface area contributed by atoms with Gasteiger partial charge < -0.3 is 18.9 Å². The molecule has 0 amide bonds. The lowest BCUT2D eigenvalue weighted by Crippen LogP contribution is -2.15. The summed E-state index contributed by atoms with van der Waals surface area (Å²) in [6.45, 7) is 2.86. The van der Waals surface area contributed by atoms with Gasteiger partial charge in [0, 0.05) is 16.1 Å². The molecule has 5 nitrogen and oxygen atoms in total. The summed E-state index contributed by atoms with van der Waals surface area (Å²) < 4.78 is 23.1. The van der Waals surface area contributed by atoms with E-state index in [1.807, 2.05) is 12.1 Å². The highest BCUT2D eigenvalue weighted by atomic mass is 79.9. The van der Waals surface area contributed by atoms with Crippen molar-refractivity contribution in [3.63, 3.8) is 0 Å². The molecule has 0 aliphatic carbocycles. The zero-order chi connectivity index (χ0) is 17.1. The Labute approximate surface area is 148 Å². The van der Waals surface area contributed by atoms with Gasteiger partial charge in [-0.05, 0) is 31.2 Å². The number of ketones is 1. The topological polar surface area (TPSA) is 54.0 Å². The molecule has 0 saturated heterocycles. The molecule has 6 heteroatoms. The normalized spacial score (nSPS) is 12.6. The number of hydrogen-bond acceptors (Lipinski definition) is 5. The Bertz CT molecular complexity index is 772. The van der Waals surface area contributed by atoms with Crippen molar-refractivity contribution >= 4 is 21.7 Å². The van der Waals surface area contributed by atoms with E-state index in [2.05, 4.69) is 15.9 Å². The quantitative estimate of drug-likeness (QED) is 0.719. The fraction of sp³-hybridized carbons (Fsp3) is 0.278. The van der Waals surface area contributed by atoms with Crippen molar-refractivity contribution in [1.29, 1.82) is 0 Å². The number of carbonyl (C=O) groups excluding carboxylic acids is 1. The lowest BCUT2D eigenvalue weighted by Gasteiger charge is -2.20. The molecule has 0 radical (unpaired) electrons. The third kappa shape index (κ3) is 3.48. The van der Waals surface area contributed by atoms with Gasteiger partial charge in [0.05, 0.1) is 12.7 Å². The van der Waals surface area contributed by atoms with Crippen molar-refractivity contribution in [1.82, 2.24) is 0 Å². The van der Waals surface area contributed by atoms with Gasteiger partial charge in [-0.25, -0.2) is 0 Å². The van der Waals surface area contributed by atoms with Crippen molar-refractivity contribution in [3.05, 3.63) is 45.9 Å². The van der Waals surface area contributed by atoms with Crippen molar-refractivity contribution in [3.8, 4) is 23.0 Å². The zero-order valence-electron chi connectivity index (χ0n) is 13.4. The first kappa shape index (κ1) is 16.6. The largest absolute Gasteiger partial charge is 0.497 e. The van der Waals surface area contributed by atoms with Crippen LogP contribution in [0.25, 0.3) is 0 Å². The number of methoxy groups -OCH3 is 1. The number of hydrogen-bond donors (Lipinski definition) is 0. The van der Waals surface area contributed by atoms with Gasteiger partial charge in [-0.2, -0.15) is 0 Å². The molecule has 0 unspecified atom stereocenters. The molecular weight excluding hydrogens is 376 g/mol. The number of halogens is 1. The number of benzene rings is 2. The van der Waals surface area contributed by atoms with Crippen molar-refractivity contribution in [2.45, 2.75) is 13.5 Å². The summed E-state index contributed by atoms with van der Waals surface area (Å²) in [5, 5.41) is 0. The molecule has 1 aliphatic rings. The van der Waals surface area contributed by atoms with Gasteiger partial charge >= 0.3 is 0 Å². The van der Waals surface area contributed by atoms with Gasteiger partial charge in [0.15, 0.2) is 17.3 Å². The van der Waals surface area contributed by atoms with Gasteiger partial charge in [0.25, 0.3) is 0 Å². The van der Waals surface area contributed by atoms with E-state index in [-0.39, 0.29) is 12.4 Å². The highest BCUT2D eigenvalue weighted by molar-refractivity contribution is 9.10. The third-order valence-corrected chi connectivity index (χ3v) is 4.40. The second kappa shape index (κ2) is 7.13. The monoisotopic (exact) mass is 392 g/mol. The fourth-order valence-electron chi connectivity index (χ4n) is 2.41. The Morgan fingerprint density at radius 2 is 1.88 bits per heavy atom. The van der Waals surface area contributed by atoms with E-state index in [4.69, 9.17) is 18.9 Å². The summed E-state index contributed by atoms with van der Waals surface area (Å²) in [5.74, 6) is 2.47. The van der Waals surface area contributed by atoms with Gasteiger partial charge in [-0.1, -0.05) is 15.9 Å². The van der Waals surface area contributed by atoms with Crippen LogP contribution in [0.1, 0.15) is 22.8 Å². The fourth-order valence-corrected chi connectivity index (χ4v) is 2.85. The Morgan fingerprint density at radius 1 is 1.17 bits per heavy atom. The average molecular weight is 393 g/mol. The van der Waals surface area contributed by atoms with Crippen LogP contribution < -0.4 is 18.9 Å². The van der Waals surface area contributed by atoms with E-state index in [0.29, 0.717) is 41.8 Å². The summed E-state index contributed by atoms with van der Waals surface area (Å²) in [7, 11) is 1.57. The van der Waals surface area contributed by atoms with E-state index in [1.165, 1.54) is 6.92 Å². The Kier molecular flexibility index (Phi) is 4.94. The molecule has 0 saturated carbocycles. The zero-order valence-corrected chi connectivity index (χ0v) is 15.0. The molecule has 1 aliphatic heterocycles. The molecule has 2 aromatic rings. The van der Waals surface area contributed by atoms with E-state index in [9.17, 15) is 4.79 Å². The second-order valence-corrected chi connectivity index (χ2v) is 6.15. The van der Waals surface area contributed by atoms with Crippen LogP contribution in [0.2, 0.25) is 0 Å². The van der Waals surface area contributed by atoms with Crippen LogP contribution in [-0.4, -0.2) is 26.1 Å². The minimum atomic E-state index is -0.0612. The highest BCUT2D eigenvalue weighted by Crippen LogP contribution is 2.36. The van der Waals surface area contributed by atoms with Gasteiger partial charge in [0.2, 0.25) is 0 Å². The molecular formula is C18H17BrO5. The van der Waals surface area contributed by atoms with Crippen LogP contribution in [0.15, 0.2) is 34.8 Å². The smallest absolute Gasteiger partial charge is 0.163 e. The van der Waals surface area contributed by atoms with Crippen LogP contribution in [0.3, 0.4) is 0 Å². The molecule has 126 valence electrons. The van der Waals surface area contributed by atoms with Crippen LogP contribution >= 0.6 is 15.9 Å². The first-order valence-electron chi connectivity index (χ1n) is 7.48. The number of fused-ring (bicyclic) bond motifs is 1. The van der Waals surface area contributed by atoms with E-state index in [1.54, 1.807) is 25.3 Å². The summed E-state index contributed by atoms with van der Waals surface area (Å²) in [5.41, 5.74) is 1.42. The van der Waals surface area contributed by atoms with Crippen molar-refractivity contribution < 1.29 is 23.7 Å². The summed E-state index contributed by atoms with van der Waals surface area (Å²) >= 11 is 3.52. The molecule has 1 heterocycles. The summed E-state index contributed by atoms with van der Waals surface area (Å²) in [6, 6.07) is 8.90. The Hall–Kier alpha value is -2.21. The maximum atomic E-state index is 11.8. The summed E-state index contributed by atoms with van der Waals surface area (Å²) in [4.78, 5) is 11.8. The maximum Gasteiger partial charge on any atom is 0.163 e. The number of rotatable bonds is 5. The molecule has 24 heavy (non-hydrogen) atoms. The molecule has 3 rings (SSSR count). The second-order valence-electron chi connectivity index (χ2n) is 5.29. The van der Waals surface area contributed by atoms with Crippen LogP contribution in [0.5, 0.6) is 23.0 Å². The molecule has 2 aromatic carbocycles. The summed E-state index contributed by atoms with van der Waals surface area (Å²) in [6.07, 6.45) is 0.